The lowest BCUT2D eigenvalue weighted by atomic mass is 10.2. The largest absolute Gasteiger partial charge is 0.504 e. The first-order valence-electron chi connectivity index (χ1n) is 7.21. The molecule has 0 saturated carbocycles. The van der Waals surface area contributed by atoms with Gasteiger partial charge >= 0.3 is 0 Å². The summed E-state index contributed by atoms with van der Waals surface area (Å²) in [7, 11) is 0. The van der Waals surface area contributed by atoms with Crippen molar-refractivity contribution in [3.05, 3.63) is 64.2 Å². The van der Waals surface area contributed by atoms with Gasteiger partial charge in [0.1, 0.15) is 0 Å². The van der Waals surface area contributed by atoms with Crippen LogP contribution in [0.1, 0.15) is 21.1 Å². The van der Waals surface area contributed by atoms with Gasteiger partial charge in [-0.2, -0.15) is 0 Å². The van der Waals surface area contributed by atoms with Gasteiger partial charge < -0.3 is 10.4 Å². The highest BCUT2D eigenvalue weighted by atomic mass is 32.2. The van der Waals surface area contributed by atoms with Crippen molar-refractivity contribution >= 4 is 34.8 Å². The second kappa shape index (κ2) is 7.46. The molecule has 7 heteroatoms. The van der Waals surface area contributed by atoms with Gasteiger partial charge in [-0.3, -0.25) is 4.79 Å². The van der Waals surface area contributed by atoms with Crippen LogP contribution in [0.5, 0.6) is 5.75 Å². The van der Waals surface area contributed by atoms with Gasteiger partial charge in [-0.25, -0.2) is 9.97 Å². The maximum atomic E-state index is 12.2. The van der Waals surface area contributed by atoms with Crippen LogP contribution in [0, 0.1) is 6.92 Å². The van der Waals surface area contributed by atoms with Crippen LogP contribution < -0.4 is 5.32 Å². The van der Waals surface area contributed by atoms with E-state index in [1.54, 1.807) is 41.3 Å². The summed E-state index contributed by atoms with van der Waals surface area (Å²) in [5.41, 5.74) is 1.57. The second-order valence-electron chi connectivity index (χ2n) is 5.00. The highest BCUT2D eigenvalue weighted by Crippen LogP contribution is 2.24. The first-order valence-corrected chi connectivity index (χ1v) is 9.07. The van der Waals surface area contributed by atoms with Gasteiger partial charge in [0.2, 0.25) is 0 Å². The minimum atomic E-state index is -0.310. The average Bonchev–Trinajstić information content (AvgIpc) is 3.01. The standard InChI is InChI=1S/C17H15N3O2S2/c1-11-19-13(9-23-11)10-24-14-6-4-12(5-7-14)17(22)20-16-15(21)3-2-8-18-16/h2-9,21H,10H2,1H3,(H,18,20,22). The van der Waals surface area contributed by atoms with Crippen LogP contribution in [0.15, 0.2) is 52.9 Å². The quantitative estimate of drug-likeness (QED) is 0.673. The van der Waals surface area contributed by atoms with E-state index in [-0.39, 0.29) is 17.5 Å². The lowest BCUT2D eigenvalue weighted by Crippen LogP contribution is -2.12. The Morgan fingerprint density at radius 1 is 1.29 bits per heavy atom. The van der Waals surface area contributed by atoms with Crippen molar-refractivity contribution in [3.8, 4) is 5.75 Å². The number of aromatic nitrogens is 2. The van der Waals surface area contributed by atoms with E-state index in [4.69, 9.17) is 0 Å². The Morgan fingerprint density at radius 2 is 2.08 bits per heavy atom. The number of benzene rings is 1. The van der Waals surface area contributed by atoms with E-state index in [0.717, 1.165) is 21.3 Å². The topological polar surface area (TPSA) is 75.1 Å². The molecular weight excluding hydrogens is 342 g/mol. The number of aromatic hydroxyl groups is 1. The van der Waals surface area contributed by atoms with Crippen LogP contribution in [0.25, 0.3) is 0 Å². The van der Waals surface area contributed by atoms with E-state index < -0.39 is 0 Å². The zero-order valence-corrected chi connectivity index (χ0v) is 14.5. The summed E-state index contributed by atoms with van der Waals surface area (Å²) in [5.74, 6) is 0.588. The van der Waals surface area contributed by atoms with E-state index >= 15 is 0 Å². The molecule has 2 aromatic heterocycles. The first-order chi connectivity index (χ1) is 11.6. The highest BCUT2D eigenvalue weighted by Gasteiger charge is 2.09. The molecule has 24 heavy (non-hydrogen) atoms. The number of nitrogens with zero attached hydrogens (tertiary/aromatic N) is 2. The van der Waals surface area contributed by atoms with Crippen LogP contribution in [0.3, 0.4) is 0 Å². The van der Waals surface area contributed by atoms with Gasteiger partial charge in [0.05, 0.1) is 10.7 Å². The number of amides is 1. The van der Waals surface area contributed by atoms with E-state index in [1.807, 2.05) is 19.1 Å². The van der Waals surface area contributed by atoms with E-state index in [0.29, 0.717) is 5.56 Å². The normalized spacial score (nSPS) is 10.5. The van der Waals surface area contributed by atoms with Gasteiger partial charge in [-0.05, 0) is 43.3 Å². The fraction of sp³-hybridized carbons (Fsp3) is 0.118. The number of anilines is 1. The number of nitrogens with one attached hydrogen (secondary N) is 1. The number of carbonyl (C=O) groups is 1. The monoisotopic (exact) mass is 357 g/mol. The Morgan fingerprint density at radius 3 is 2.75 bits per heavy atom. The number of hydrogen-bond donors (Lipinski definition) is 2. The predicted octanol–water partition coefficient (Wildman–Crippen LogP) is 4.10. The van der Waals surface area contributed by atoms with Gasteiger partial charge in [-0.1, -0.05) is 0 Å². The minimum Gasteiger partial charge on any atom is -0.504 e. The number of carbonyl (C=O) groups excluding carboxylic acids is 1. The van der Waals surface area contributed by atoms with Crippen molar-refractivity contribution in [2.24, 2.45) is 0 Å². The van der Waals surface area contributed by atoms with E-state index in [9.17, 15) is 9.90 Å². The Bertz CT molecular complexity index is 847. The van der Waals surface area contributed by atoms with Crippen LogP contribution in [-0.2, 0) is 5.75 Å². The Labute approximate surface area is 147 Å². The molecule has 0 atom stereocenters. The number of aryl methyl sites for hydroxylation is 1. The van der Waals surface area contributed by atoms with E-state index in [2.05, 4.69) is 20.7 Å². The molecule has 0 aliphatic heterocycles. The SMILES string of the molecule is Cc1nc(CSc2ccc(C(=O)Nc3ncccc3O)cc2)cs1. The van der Waals surface area contributed by atoms with Gasteiger partial charge in [0.25, 0.3) is 5.91 Å². The summed E-state index contributed by atoms with van der Waals surface area (Å²) in [6.07, 6.45) is 1.51. The molecule has 2 heterocycles. The molecule has 0 aliphatic carbocycles. The van der Waals surface area contributed by atoms with Crippen molar-refractivity contribution in [1.29, 1.82) is 0 Å². The lowest BCUT2D eigenvalue weighted by Gasteiger charge is -2.06. The summed E-state index contributed by atoms with van der Waals surface area (Å²) in [4.78, 5) is 21.6. The van der Waals surface area contributed by atoms with Crippen LogP contribution in [0.2, 0.25) is 0 Å². The maximum absolute atomic E-state index is 12.2. The molecule has 122 valence electrons. The molecule has 3 rings (SSSR count). The lowest BCUT2D eigenvalue weighted by molar-refractivity contribution is 0.102. The van der Waals surface area contributed by atoms with Crippen molar-refractivity contribution in [2.45, 2.75) is 17.6 Å². The highest BCUT2D eigenvalue weighted by molar-refractivity contribution is 7.98. The predicted molar refractivity (Wildman–Crippen MR) is 96.7 cm³/mol. The fourth-order valence-corrected chi connectivity index (χ4v) is 3.52. The summed E-state index contributed by atoms with van der Waals surface area (Å²) >= 11 is 3.32. The van der Waals surface area contributed by atoms with Crippen molar-refractivity contribution in [3.63, 3.8) is 0 Å². The third kappa shape index (κ3) is 4.12. The molecular formula is C17H15N3O2S2. The zero-order valence-electron chi connectivity index (χ0n) is 12.9. The van der Waals surface area contributed by atoms with Crippen LogP contribution in [-0.4, -0.2) is 21.0 Å². The molecule has 1 amide bonds. The van der Waals surface area contributed by atoms with Gasteiger partial charge in [0, 0.05) is 27.8 Å². The summed E-state index contributed by atoms with van der Waals surface area (Å²) < 4.78 is 0. The molecule has 0 spiro atoms. The number of pyridine rings is 1. The second-order valence-corrected chi connectivity index (χ2v) is 7.11. The molecule has 3 aromatic rings. The fourth-order valence-electron chi connectivity index (χ4n) is 2.01. The smallest absolute Gasteiger partial charge is 0.256 e. The van der Waals surface area contributed by atoms with Gasteiger partial charge in [-0.15, -0.1) is 23.1 Å². The number of hydrogen-bond acceptors (Lipinski definition) is 6. The van der Waals surface area contributed by atoms with Crippen molar-refractivity contribution in [2.75, 3.05) is 5.32 Å². The molecule has 0 aliphatic rings. The Hall–Kier alpha value is -2.38. The summed E-state index contributed by atoms with van der Waals surface area (Å²) in [6, 6.07) is 10.4. The average molecular weight is 357 g/mol. The number of thiazole rings is 1. The maximum Gasteiger partial charge on any atom is 0.256 e. The molecule has 5 nitrogen and oxygen atoms in total. The van der Waals surface area contributed by atoms with Gasteiger partial charge in [0.15, 0.2) is 11.6 Å². The first kappa shape index (κ1) is 16.5. The number of rotatable bonds is 5. The molecule has 0 saturated heterocycles. The molecule has 0 fully saturated rings. The van der Waals surface area contributed by atoms with Crippen LogP contribution >= 0.6 is 23.1 Å². The molecule has 0 bridgehead atoms. The number of thioether (sulfide) groups is 1. The summed E-state index contributed by atoms with van der Waals surface area (Å²) in [6.45, 7) is 1.99. The van der Waals surface area contributed by atoms with Crippen LogP contribution in [0.4, 0.5) is 5.82 Å². The van der Waals surface area contributed by atoms with Crippen molar-refractivity contribution in [1.82, 2.24) is 9.97 Å². The van der Waals surface area contributed by atoms with Crippen molar-refractivity contribution < 1.29 is 9.90 Å². The molecule has 2 N–H and O–H groups in total. The molecule has 1 aromatic carbocycles. The molecule has 0 unspecified atom stereocenters. The third-order valence-corrected chi connectivity index (χ3v) is 5.06. The molecule has 0 radical (unpaired) electrons. The van der Waals surface area contributed by atoms with E-state index in [1.165, 1.54) is 12.3 Å². The minimum absolute atomic E-state index is 0.0587. The Balaban J connectivity index is 1.61. The summed E-state index contributed by atoms with van der Waals surface area (Å²) in [5, 5.41) is 15.4. The zero-order chi connectivity index (χ0) is 16.9. The third-order valence-electron chi connectivity index (χ3n) is 3.19. The Kier molecular flexibility index (Phi) is 5.12.